The van der Waals surface area contributed by atoms with Crippen molar-refractivity contribution < 1.29 is 23.9 Å². The van der Waals surface area contributed by atoms with Gasteiger partial charge in [-0.3, -0.25) is 19.2 Å². The number of carbonyl (C=O) groups is 4. The molecule has 3 heterocycles. The molecule has 40 heavy (non-hydrogen) atoms. The molecule has 0 spiro atoms. The first-order chi connectivity index (χ1) is 19.1. The average molecular weight is 614 g/mol. The van der Waals surface area contributed by atoms with Gasteiger partial charge in [-0.25, -0.2) is 9.67 Å². The highest BCUT2D eigenvalue weighted by atomic mass is 79.9. The van der Waals surface area contributed by atoms with Crippen LogP contribution in [-0.4, -0.2) is 68.4 Å². The van der Waals surface area contributed by atoms with E-state index < -0.39 is 11.9 Å². The van der Waals surface area contributed by atoms with Gasteiger partial charge >= 0.3 is 0 Å². The lowest BCUT2D eigenvalue weighted by Gasteiger charge is -2.27. The summed E-state index contributed by atoms with van der Waals surface area (Å²) in [5, 5.41) is 9.85. The number of amides is 3. The van der Waals surface area contributed by atoms with Crippen molar-refractivity contribution in [3.63, 3.8) is 0 Å². The number of hydrogen-bond acceptors (Lipinski definition) is 7. The van der Waals surface area contributed by atoms with Crippen LogP contribution >= 0.6 is 15.9 Å². The zero-order valence-electron chi connectivity index (χ0n) is 22.6. The van der Waals surface area contributed by atoms with Gasteiger partial charge in [0.25, 0.3) is 5.91 Å². The molecule has 0 bridgehead atoms. The lowest BCUT2D eigenvalue weighted by Crippen LogP contribution is -2.47. The van der Waals surface area contributed by atoms with Crippen LogP contribution in [0.15, 0.2) is 48.1 Å². The number of aromatic nitrogens is 3. The van der Waals surface area contributed by atoms with E-state index >= 15 is 0 Å². The van der Waals surface area contributed by atoms with Crippen LogP contribution in [0.25, 0.3) is 0 Å². The Labute approximate surface area is 241 Å². The number of piperidine rings is 1. The number of hydrogen-bond donors (Lipinski definition) is 2. The summed E-state index contributed by atoms with van der Waals surface area (Å²) in [4.78, 5) is 58.0. The summed E-state index contributed by atoms with van der Waals surface area (Å²) in [5.41, 5.74) is 0.702. The quantitative estimate of drug-likeness (QED) is 0.153. The third kappa shape index (κ3) is 6.39. The molecule has 12 heteroatoms. The van der Waals surface area contributed by atoms with E-state index in [1.165, 1.54) is 17.7 Å². The molecular formula is C28H33BrN6O5. The number of ether oxygens (including phenoxy) is 1. The minimum absolute atomic E-state index is 0.0839. The van der Waals surface area contributed by atoms with Crippen LogP contribution in [0.1, 0.15) is 59.7 Å². The van der Waals surface area contributed by atoms with Crippen molar-refractivity contribution in [1.29, 1.82) is 0 Å². The molecule has 2 N–H and O–H groups in total. The van der Waals surface area contributed by atoms with E-state index in [1.807, 2.05) is 0 Å². The van der Waals surface area contributed by atoms with Crippen LogP contribution < -0.4 is 10.6 Å². The summed E-state index contributed by atoms with van der Waals surface area (Å²) in [5.74, 6) is -1.15. The summed E-state index contributed by atoms with van der Waals surface area (Å²) < 4.78 is 7.32. The largest absolute Gasteiger partial charge is 0.373 e. The topological polar surface area (TPSA) is 136 Å². The maximum atomic E-state index is 13.7. The van der Waals surface area contributed by atoms with Gasteiger partial charge in [0.15, 0.2) is 5.78 Å². The second kappa shape index (κ2) is 12.3. The molecule has 11 nitrogen and oxygen atoms in total. The van der Waals surface area contributed by atoms with Gasteiger partial charge in [0, 0.05) is 31.1 Å². The molecule has 2 fully saturated rings. The first-order valence-electron chi connectivity index (χ1n) is 13.0. The van der Waals surface area contributed by atoms with Crippen LogP contribution in [-0.2, 0) is 27.5 Å². The Bertz CT molecular complexity index is 1360. The van der Waals surface area contributed by atoms with Gasteiger partial charge in [0.1, 0.15) is 34.4 Å². The minimum atomic E-state index is -0.730. The number of pyridine rings is 1. The second-order valence-corrected chi connectivity index (χ2v) is 11.1. The highest BCUT2D eigenvalue weighted by Gasteiger charge is 2.64. The molecule has 4 rings (SSSR count). The van der Waals surface area contributed by atoms with Crippen LogP contribution in [0.4, 0.5) is 5.82 Å². The van der Waals surface area contributed by atoms with Crippen molar-refractivity contribution in [2.45, 2.75) is 58.3 Å². The average Bonchev–Trinajstić information content (AvgIpc) is 3.23. The lowest BCUT2D eigenvalue weighted by molar-refractivity contribution is -0.138. The monoisotopic (exact) mass is 612 g/mol. The highest BCUT2D eigenvalue weighted by Crippen LogP contribution is 2.59. The van der Waals surface area contributed by atoms with E-state index in [1.54, 1.807) is 29.2 Å². The Balaban J connectivity index is 1.54. The number of nitrogens with one attached hydrogen (secondary N) is 2. The second-order valence-electron chi connectivity index (χ2n) is 10.3. The molecule has 0 unspecified atom stereocenters. The van der Waals surface area contributed by atoms with E-state index in [0.717, 1.165) is 6.42 Å². The third-order valence-corrected chi connectivity index (χ3v) is 7.64. The van der Waals surface area contributed by atoms with E-state index in [-0.39, 0.29) is 53.6 Å². The molecule has 0 aromatic carbocycles. The number of halogens is 1. The molecule has 2 aliphatic rings. The number of rotatable bonds is 13. The van der Waals surface area contributed by atoms with Gasteiger partial charge in [-0.2, -0.15) is 5.10 Å². The van der Waals surface area contributed by atoms with Crippen LogP contribution in [0.3, 0.4) is 0 Å². The summed E-state index contributed by atoms with van der Waals surface area (Å²) in [7, 11) is 0. The van der Waals surface area contributed by atoms with Gasteiger partial charge in [0.2, 0.25) is 11.8 Å². The highest BCUT2D eigenvalue weighted by molar-refractivity contribution is 9.10. The predicted octanol–water partition coefficient (Wildman–Crippen LogP) is 3.27. The number of ketones is 1. The number of Topliss-reactive ketones (excluding diaryl/α,β-unsaturated/α-hetero) is 1. The Morgan fingerprint density at radius 1 is 1.23 bits per heavy atom. The Morgan fingerprint density at radius 2 is 2.00 bits per heavy atom. The van der Waals surface area contributed by atoms with Gasteiger partial charge < -0.3 is 20.3 Å². The fourth-order valence-electron chi connectivity index (χ4n) is 4.98. The van der Waals surface area contributed by atoms with Crippen LogP contribution in [0.2, 0.25) is 0 Å². The fraction of sp³-hybridized carbons (Fsp3) is 0.429. The standard InChI is InChI=1S/C28H33BrN6O5/c1-5-7-10-30-26(38)20-12-19(17(3)36)33-34(20)15-24(37)35-21(13-28(4)14-22(28)35)27(39)32-25-18(16-40-11-6-2)8-9-23(29)31-25/h5-6,8-9,12,21-22H,1-2,7,10-11,13-16H2,3-4H3,(H,30,38)(H,31,32,39)/t21-,22+,28-/m0/s1. The molecule has 2 aromatic heterocycles. The van der Waals surface area contributed by atoms with E-state index in [0.29, 0.717) is 42.0 Å². The maximum Gasteiger partial charge on any atom is 0.269 e. The van der Waals surface area contributed by atoms with Crippen molar-refractivity contribution in [3.8, 4) is 0 Å². The smallest absolute Gasteiger partial charge is 0.269 e. The molecule has 0 radical (unpaired) electrons. The van der Waals surface area contributed by atoms with Gasteiger partial charge in [-0.05, 0) is 46.7 Å². The lowest BCUT2D eigenvalue weighted by atomic mass is 10.0. The molecular weight excluding hydrogens is 580 g/mol. The molecule has 1 saturated carbocycles. The van der Waals surface area contributed by atoms with Gasteiger partial charge in [0.05, 0.1) is 13.2 Å². The first kappa shape index (κ1) is 29.3. The Kier molecular flexibility index (Phi) is 8.99. The number of likely N-dealkylation sites (tertiary alicyclic amines) is 1. The molecule has 212 valence electrons. The summed E-state index contributed by atoms with van der Waals surface area (Å²) in [6.45, 7) is 11.3. The van der Waals surface area contributed by atoms with Crippen molar-refractivity contribution in [1.82, 2.24) is 25.0 Å². The Morgan fingerprint density at radius 3 is 2.70 bits per heavy atom. The van der Waals surface area contributed by atoms with E-state index in [4.69, 9.17) is 4.74 Å². The van der Waals surface area contributed by atoms with Gasteiger partial charge in [-0.1, -0.05) is 25.1 Å². The molecule has 1 aliphatic heterocycles. The molecule has 1 aliphatic carbocycles. The first-order valence-corrected chi connectivity index (χ1v) is 13.8. The van der Waals surface area contributed by atoms with Crippen molar-refractivity contribution >= 4 is 45.3 Å². The minimum Gasteiger partial charge on any atom is -0.373 e. The van der Waals surface area contributed by atoms with Crippen LogP contribution in [0.5, 0.6) is 0 Å². The normalized spacial score (nSPS) is 20.9. The number of carbonyl (C=O) groups excluding carboxylic acids is 4. The number of anilines is 1. The SMILES string of the molecule is C=CCCNC(=O)c1cc(C(C)=O)nn1CC(=O)N1[C@H](C(=O)Nc2nc(Br)ccc2COCC=C)C[C@@]2(C)C[C@@H]12. The zero-order valence-corrected chi connectivity index (χ0v) is 24.2. The third-order valence-electron chi connectivity index (χ3n) is 7.20. The van der Waals surface area contributed by atoms with E-state index in [2.05, 4.69) is 56.7 Å². The molecule has 3 amide bonds. The summed E-state index contributed by atoms with van der Waals surface area (Å²) >= 11 is 3.34. The molecule has 3 atom stereocenters. The molecule has 1 saturated heterocycles. The van der Waals surface area contributed by atoms with Crippen molar-refractivity contribution in [2.24, 2.45) is 5.41 Å². The van der Waals surface area contributed by atoms with Gasteiger partial charge in [-0.15, -0.1) is 13.2 Å². The van der Waals surface area contributed by atoms with Crippen molar-refractivity contribution in [2.75, 3.05) is 18.5 Å². The van der Waals surface area contributed by atoms with Crippen molar-refractivity contribution in [3.05, 3.63) is 65.1 Å². The maximum absolute atomic E-state index is 13.7. The molecule has 2 aromatic rings. The summed E-state index contributed by atoms with van der Waals surface area (Å²) in [6, 6.07) is 4.11. The zero-order chi connectivity index (χ0) is 29.0. The van der Waals surface area contributed by atoms with Crippen LogP contribution in [0, 0.1) is 5.41 Å². The Hall–Kier alpha value is -3.64. The number of nitrogens with zero attached hydrogens (tertiary/aromatic N) is 4. The van der Waals surface area contributed by atoms with E-state index in [9.17, 15) is 19.2 Å². The predicted molar refractivity (Wildman–Crippen MR) is 152 cm³/mol. The summed E-state index contributed by atoms with van der Waals surface area (Å²) in [6.07, 6.45) is 5.16. The fourth-order valence-corrected chi connectivity index (χ4v) is 5.29. The number of fused-ring (bicyclic) bond motifs is 1.